The molecule has 0 spiro atoms. The Hall–Kier alpha value is 0. The molecule has 2 atom stereocenters. The number of hydrogen-bond donors (Lipinski definition) is 0. The Balaban J connectivity index is 3.81. The first-order valence-corrected chi connectivity index (χ1v) is 4.26. The van der Waals surface area contributed by atoms with Crippen LogP contribution >= 0.6 is 0 Å². The standard InChI is InChI=1S/C10H21/c1-7(2)9(5)10(6)8(3)4/h7,9-10H,1-6H3. The first-order valence-electron chi connectivity index (χ1n) is 4.26. The quantitative estimate of drug-likeness (QED) is 0.564. The molecule has 0 aromatic rings. The molecule has 1 radical (unpaired) electrons. The molecule has 0 nitrogen and oxygen atoms in total. The molecule has 0 N–H and O–H groups in total. The molecule has 0 saturated carbocycles. The van der Waals surface area contributed by atoms with E-state index in [4.69, 9.17) is 0 Å². The third-order valence-electron chi connectivity index (χ3n) is 2.75. The Morgan fingerprint density at radius 1 is 0.900 bits per heavy atom. The fourth-order valence-electron chi connectivity index (χ4n) is 1.10. The van der Waals surface area contributed by atoms with Gasteiger partial charge in [0.1, 0.15) is 0 Å². The summed E-state index contributed by atoms with van der Waals surface area (Å²) in [5.41, 5.74) is 0. The van der Waals surface area contributed by atoms with Crippen LogP contribution in [0.3, 0.4) is 0 Å². The smallest absolute Gasteiger partial charge is 0.0272 e. The third kappa shape index (κ3) is 2.72. The van der Waals surface area contributed by atoms with Gasteiger partial charge in [-0.05, 0) is 23.7 Å². The first kappa shape index (κ1) is 10.0. The summed E-state index contributed by atoms with van der Waals surface area (Å²) in [5.74, 6) is 3.97. The molecule has 0 saturated heterocycles. The van der Waals surface area contributed by atoms with Crippen molar-refractivity contribution in [3.05, 3.63) is 5.92 Å². The maximum absolute atomic E-state index is 2.34. The lowest BCUT2D eigenvalue weighted by Crippen LogP contribution is -2.17. The normalized spacial score (nSPS) is 18.0. The molecule has 0 aliphatic heterocycles. The topological polar surface area (TPSA) is 0 Å². The SMILES string of the molecule is C[C](C)C(C)C(C)C(C)C. The first-order chi connectivity index (χ1) is 4.46. The molecule has 0 bridgehead atoms. The van der Waals surface area contributed by atoms with Gasteiger partial charge in [0.05, 0.1) is 0 Å². The Kier molecular flexibility index (Phi) is 4.00. The van der Waals surface area contributed by atoms with E-state index >= 15 is 0 Å². The summed E-state index contributed by atoms with van der Waals surface area (Å²) in [6.45, 7) is 13.7. The van der Waals surface area contributed by atoms with E-state index in [2.05, 4.69) is 41.5 Å². The van der Waals surface area contributed by atoms with E-state index < -0.39 is 0 Å². The van der Waals surface area contributed by atoms with Crippen molar-refractivity contribution < 1.29 is 0 Å². The van der Waals surface area contributed by atoms with Crippen LogP contribution in [0.1, 0.15) is 41.5 Å². The van der Waals surface area contributed by atoms with Gasteiger partial charge in [0.2, 0.25) is 0 Å². The summed E-state index contributed by atoms with van der Waals surface area (Å²) in [7, 11) is 0. The van der Waals surface area contributed by atoms with Crippen molar-refractivity contribution in [3.63, 3.8) is 0 Å². The van der Waals surface area contributed by atoms with Crippen molar-refractivity contribution >= 4 is 0 Å². The maximum Gasteiger partial charge on any atom is -0.0272 e. The van der Waals surface area contributed by atoms with Crippen molar-refractivity contribution in [2.45, 2.75) is 41.5 Å². The second kappa shape index (κ2) is 4.00. The summed E-state index contributed by atoms with van der Waals surface area (Å²) in [5, 5.41) is 0. The van der Waals surface area contributed by atoms with Gasteiger partial charge in [0.15, 0.2) is 0 Å². The molecule has 0 fully saturated rings. The highest BCUT2D eigenvalue weighted by atomic mass is 14.2. The molecular weight excluding hydrogens is 120 g/mol. The van der Waals surface area contributed by atoms with Gasteiger partial charge in [-0.3, -0.25) is 0 Å². The van der Waals surface area contributed by atoms with Crippen LogP contribution in [-0.2, 0) is 0 Å². The predicted molar refractivity (Wildman–Crippen MR) is 47.8 cm³/mol. The van der Waals surface area contributed by atoms with Gasteiger partial charge < -0.3 is 0 Å². The fraction of sp³-hybridized carbons (Fsp3) is 0.900. The highest BCUT2D eigenvalue weighted by Crippen LogP contribution is 2.26. The van der Waals surface area contributed by atoms with Gasteiger partial charge >= 0.3 is 0 Å². The van der Waals surface area contributed by atoms with E-state index in [-0.39, 0.29) is 0 Å². The van der Waals surface area contributed by atoms with Gasteiger partial charge in [-0.1, -0.05) is 41.5 Å². The molecule has 0 aromatic carbocycles. The zero-order chi connectivity index (χ0) is 8.31. The molecule has 61 valence electrons. The lowest BCUT2D eigenvalue weighted by atomic mass is 9.80. The van der Waals surface area contributed by atoms with Gasteiger partial charge in [0.25, 0.3) is 0 Å². The van der Waals surface area contributed by atoms with Crippen molar-refractivity contribution in [1.82, 2.24) is 0 Å². The summed E-state index contributed by atoms with van der Waals surface area (Å²) >= 11 is 0. The summed E-state index contributed by atoms with van der Waals surface area (Å²) in [6.07, 6.45) is 0. The number of rotatable bonds is 3. The van der Waals surface area contributed by atoms with Crippen molar-refractivity contribution in [2.75, 3.05) is 0 Å². The van der Waals surface area contributed by atoms with Crippen LogP contribution in [0.2, 0.25) is 0 Å². The summed E-state index contributed by atoms with van der Waals surface area (Å²) in [6, 6.07) is 0. The molecule has 0 aromatic heterocycles. The van der Waals surface area contributed by atoms with Crippen LogP contribution in [0.4, 0.5) is 0 Å². The molecule has 10 heavy (non-hydrogen) atoms. The third-order valence-corrected chi connectivity index (χ3v) is 2.75. The molecular formula is C10H21. The monoisotopic (exact) mass is 141 g/mol. The fourth-order valence-corrected chi connectivity index (χ4v) is 1.10. The average molecular weight is 141 g/mol. The van der Waals surface area contributed by atoms with Crippen LogP contribution in [-0.4, -0.2) is 0 Å². The second-order valence-corrected chi connectivity index (χ2v) is 3.97. The number of hydrogen-bond acceptors (Lipinski definition) is 0. The Bertz CT molecular complexity index is 70.0. The molecule has 0 heterocycles. The minimum Gasteiger partial charge on any atom is -0.0625 e. The summed E-state index contributed by atoms with van der Waals surface area (Å²) in [4.78, 5) is 0. The Labute approximate surface area is 66.0 Å². The zero-order valence-electron chi connectivity index (χ0n) is 8.23. The van der Waals surface area contributed by atoms with Crippen LogP contribution in [0.5, 0.6) is 0 Å². The molecule has 0 heteroatoms. The Morgan fingerprint density at radius 2 is 1.30 bits per heavy atom. The van der Waals surface area contributed by atoms with Crippen molar-refractivity contribution in [1.29, 1.82) is 0 Å². The molecule has 0 aliphatic carbocycles. The van der Waals surface area contributed by atoms with E-state index in [9.17, 15) is 0 Å². The molecule has 2 unspecified atom stereocenters. The van der Waals surface area contributed by atoms with Crippen LogP contribution in [0.15, 0.2) is 0 Å². The highest BCUT2D eigenvalue weighted by Gasteiger charge is 2.18. The van der Waals surface area contributed by atoms with Crippen LogP contribution in [0, 0.1) is 23.7 Å². The van der Waals surface area contributed by atoms with Crippen molar-refractivity contribution in [3.8, 4) is 0 Å². The predicted octanol–water partition coefficient (Wildman–Crippen LogP) is 3.53. The molecule has 0 aliphatic rings. The minimum absolute atomic E-state index is 0.778. The van der Waals surface area contributed by atoms with Gasteiger partial charge in [0, 0.05) is 0 Å². The van der Waals surface area contributed by atoms with E-state index in [1.807, 2.05) is 0 Å². The van der Waals surface area contributed by atoms with Gasteiger partial charge in [-0.2, -0.15) is 0 Å². The second-order valence-electron chi connectivity index (χ2n) is 3.97. The summed E-state index contributed by atoms with van der Waals surface area (Å²) < 4.78 is 0. The van der Waals surface area contributed by atoms with Gasteiger partial charge in [-0.15, -0.1) is 0 Å². The molecule has 0 amide bonds. The van der Waals surface area contributed by atoms with Gasteiger partial charge in [-0.25, -0.2) is 0 Å². The largest absolute Gasteiger partial charge is 0.0625 e. The van der Waals surface area contributed by atoms with Crippen molar-refractivity contribution in [2.24, 2.45) is 17.8 Å². The van der Waals surface area contributed by atoms with Crippen LogP contribution < -0.4 is 0 Å². The van der Waals surface area contributed by atoms with E-state index in [0.717, 1.165) is 17.8 Å². The lowest BCUT2D eigenvalue weighted by Gasteiger charge is -2.26. The van der Waals surface area contributed by atoms with E-state index in [1.54, 1.807) is 5.92 Å². The van der Waals surface area contributed by atoms with Crippen LogP contribution in [0.25, 0.3) is 0 Å². The maximum atomic E-state index is 2.34. The van der Waals surface area contributed by atoms with E-state index in [0.29, 0.717) is 0 Å². The lowest BCUT2D eigenvalue weighted by molar-refractivity contribution is 0.308. The minimum atomic E-state index is 0.778. The zero-order valence-corrected chi connectivity index (χ0v) is 8.23. The highest BCUT2D eigenvalue weighted by molar-refractivity contribution is 4.87. The van der Waals surface area contributed by atoms with E-state index in [1.165, 1.54) is 0 Å². The molecule has 0 rings (SSSR count). The Morgan fingerprint density at radius 3 is 1.40 bits per heavy atom. The average Bonchev–Trinajstić information content (AvgIpc) is 1.84.